The summed E-state index contributed by atoms with van der Waals surface area (Å²) in [4.78, 5) is 7.22. The van der Waals surface area contributed by atoms with Crippen LogP contribution in [0.25, 0.3) is 0 Å². The van der Waals surface area contributed by atoms with Crippen LogP contribution in [0.3, 0.4) is 0 Å². The highest BCUT2D eigenvalue weighted by atomic mass is 127. The Hall–Kier alpha value is -1.61. The summed E-state index contributed by atoms with van der Waals surface area (Å²) in [5.74, 6) is 0.945. The summed E-state index contributed by atoms with van der Waals surface area (Å²) >= 11 is 0. The van der Waals surface area contributed by atoms with Gasteiger partial charge in [-0.2, -0.15) is 5.10 Å². The zero-order chi connectivity index (χ0) is 18.5. The van der Waals surface area contributed by atoms with Crippen LogP contribution in [0.15, 0.2) is 29.3 Å². The average Bonchev–Trinajstić information content (AvgIpc) is 3.18. The maximum absolute atomic E-state index is 5.18. The Morgan fingerprint density at radius 1 is 1.30 bits per heavy atom. The summed E-state index contributed by atoms with van der Waals surface area (Å²) in [5, 5.41) is 8.08. The number of nitrogens with zero attached hydrogens (tertiary/aromatic N) is 4. The number of methoxy groups -OCH3 is 1. The number of rotatable bonds is 6. The molecular weight excluding hydrogens is 453 g/mol. The molecule has 1 N–H and O–H groups in total. The van der Waals surface area contributed by atoms with Crippen molar-refractivity contribution < 1.29 is 4.74 Å². The molecule has 0 aliphatic carbocycles. The van der Waals surface area contributed by atoms with Crippen molar-refractivity contribution in [3.05, 3.63) is 46.8 Å². The first-order valence-corrected chi connectivity index (χ1v) is 9.31. The van der Waals surface area contributed by atoms with Crippen molar-refractivity contribution in [3.63, 3.8) is 0 Å². The molecule has 7 heteroatoms. The third-order valence-electron chi connectivity index (χ3n) is 4.90. The molecule has 0 saturated carbocycles. The second-order valence-corrected chi connectivity index (χ2v) is 6.57. The van der Waals surface area contributed by atoms with Crippen LogP contribution in [0.5, 0.6) is 0 Å². The van der Waals surface area contributed by atoms with Crippen LogP contribution in [0.4, 0.5) is 5.69 Å². The molecular formula is C20H30IN5O. The Bertz CT molecular complexity index is 787. The van der Waals surface area contributed by atoms with Crippen LogP contribution in [0, 0.1) is 13.8 Å². The van der Waals surface area contributed by atoms with E-state index < -0.39 is 0 Å². The standard InChI is InChI=1S/C20H29N5O.HI/c1-5-21-20(24-11-10-17-8-6-7-9-19(17)24)22-14-18-15(2)23-25(16(18)3)12-13-26-4;/h6-9H,5,10-14H2,1-4H3,(H,21,22);1H. The summed E-state index contributed by atoms with van der Waals surface area (Å²) in [6.07, 6.45) is 1.06. The second-order valence-electron chi connectivity index (χ2n) is 6.57. The lowest BCUT2D eigenvalue weighted by atomic mass is 10.2. The second kappa shape index (κ2) is 10.1. The fourth-order valence-electron chi connectivity index (χ4n) is 3.47. The highest BCUT2D eigenvalue weighted by molar-refractivity contribution is 14.0. The molecule has 2 heterocycles. The number of anilines is 1. The number of hydrogen-bond acceptors (Lipinski definition) is 3. The van der Waals surface area contributed by atoms with Crippen molar-refractivity contribution in [3.8, 4) is 0 Å². The highest BCUT2D eigenvalue weighted by Gasteiger charge is 2.22. The monoisotopic (exact) mass is 483 g/mol. The number of halogens is 1. The number of aromatic nitrogens is 2. The molecule has 3 rings (SSSR count). The molecule has 0 spiro atoms. The van der Waals surface area contributed by atoms with Crippen molar-refractivity contribution in [1.29, 1.82) is 0 Å². The van der Waals surface area contributed by atoms with Crippen LogP contribution in [0.1, 0.15) is 29.4 Å². The normalized spacial score (nSPS) is 13.5. The van der Waals surface area contributed by atoms with E-state index in [-0.39, 0.29) is 24.0 Å². The zero-order valence-corrected chi connectivity index (χ0v) is 19.0. The zero-order valence-electron chi connectivity index (χ0n) is 16.7. The van der Waals surface area contributed by atoms with Gasteiger partial charge in [0.15, 0.2) is 5.96 Å². The van der Waals surface area contributed by atoms with Crippen molar-refractivity contribution >= 4 is 35.6 Å². The fourth-order valence-corrected chi connectivity index (χ4v) is 3.47. The Morgan fingerprint density at radius 3 is 2.81 bits per heavy atom. The van der Waals surface area contributed by atoms with Gasteiger partial charge in [0, 0.05) is 37.1 Å². The number of benzene rings is 1. The highest BCUT2D eigenvalue weighted by Crippen LogP contribution is 2.27. The molecule has 0 unspecified atom stereocenters. The van der Waals surface area contributed by atoms with Crippen LogP contribution in [-0.2, 0) is 24.2 Å². The Kier molecular flexibility index (Phi) is 8.09. The quantitative estimate of drug-likeness (QED) is 0.389. The van der Waals surface area contributed by atoms with Crippen LogP contribution in [-0.4, -0.2) is 42.5 Å². The number of fused-ring (bicyclic) bond motifs is 1. The maximum atomic E-state index is 5.18. The van der Waals surface area contributed by atoms with Crippen molar-refractivity contribution in [2.45, 2.75) is 40.3 Å². The van der Waals surface area contributed by atoms with Crippen LogP contribution in [0.2, 0.25) is 0 Å². The number of hydrogen-bond donors (Lipinski definition) is 1. The van der Waals surface area contributed by atoms with Gasteiger partial charge < -0.3 is 15.0 Å². The minimum Gasteiger partial charge on any atom is -0.383 e. The van der Waals surface area contributed by atoms with E-state index >= 15 is 0 Å². The molecule has 148 valence electrons. The van der Waals surface area contributed by atoms with Gasteiger partial charge in [0.05, 0.1) is 25.4 Å². The molecule has 0 amide bonds. The summed E-state index contributed by atoms with van der Waals surface area (Å²) in [6, 6.07) is 8.57. The fraction of sp³-hybridized carbons (Fsp3) is 0.500. The molecule has 0 bridgehead atoms. The molecule has 0 radical (unpaired) electrons. The van der Waals surface area contributed by atoms with E-state index in [1.165, 1.54) is 22.5 Å². The van der Waals surface area contributed by atoms with E-state index in [0.717, 1.165) is 37.7 Å². The lowest BCUT2D eigenvalue weighted by Crippen LogP contribution is -2.40. The van der Waals surface area contributed by atoms with Crippen LogP contribution < -0.4 is 10.2 Å². The van der Waals surface area contributed by atoms with Gasteiger partial charge in [0.25, 0.3) is 0 Å². The van der Waals surface area contributed by atoms with Gasteiger partial charge in [0.1, 0.15) is 0 Å². The molecule has 0 atom stereocenters. The van der Waals surface area contributed by atoms with Crippen molar-refractivity contribution in [2.24, 2.45) is 4.99 Å². The van der Waals surface area contributed by atoms with Gasteiger partial charge in [-0.25, -0.2) is 4.99 Å². The first-order chi connectivity index (χ1) is 12.7. The van der Waals surface area contributed by atoms with Crippen LogP contribution >= 0.6 is 24.0 Å². The van der Waals surface area contributed by atoms with Gasteiger partial charge in [0.2, 0.25) is 0 Å². The van der Waals surface area contributed by atoms with E-state index in [0.29, 0.717) is 13.2 Å². The molecule has 0 fully saturated rings. The minimum atomic E-state index is 0. The topological polar surface area (TPSA) is 54.7 Å². The number of nitrogens with one attached hydrogen (secondary N) is 1. The minimum absolute atomic E-state index is 0. The van der Waals surface area contributed by atoms with E-state index in [9.17, 15) is 0 Å². The Labute approximate surface area is 179 Å². The smallest absolute Gasteiger partial charge is 0.198 e. The third-order valence-corrected chi connectivity index (χ3v) is 4.90. The first-order valence-electron chi connectivity index (χ1n) is 9.31. The van der Waals surface area contributed by atoms with Crippen molar-refractivity contribution in [2.75, 3.05) is 31.7 Å². The van der Waals surface area contributed by atoms with E-state index in [2.05, 4.69) is 60.4 Å². The van der Waals surface area contributed by atoms with Gasteiger partial charge >= 0.3 is 0 Å². The van der Waals surface area contributed by atoms with Crippen molar-refractivity contribution in [1.82, 2.24) is 15.1 Å². The van der Waals surface area contributed by atoms with E-state index in [1.807, 2.05) is 4.68 Å². The number of aryl methyl sites for hydroxylation is 1. The molecule has 27 heavy (non-hydrogen) atoms. The summed E-state index contributed by atoms with van der Waals surface area (Å²) < 4.78 is 7.19. The first kappa shape index (κ1) is 21.7. The SMILES string of the molecule is CCNC(=NCc1c(C)nn(CCOC)c1C)N1CCc2ccccc21.I. The third kappa shape index (κ3) is 4.82. The lowest BCUT2D eigenvalue weighted by Gasteiger charge is -2.22. The largest absolute Gasteiger partial charge is 0.383 e. The van der Waals surface area contributed by atoms with Gasteiger partial charge in [-0.15, -0.1) is 24.0 Å². The summed E-state index contributed by atoms with van der Waals surface area (Å²) in [5.41, 5.74) is 6.05. The molecule has 1 aromatic carbocycles. The van der Waals surface area contributed by atoms with Gasteiger partial charge in [-0.05, 0) is 38.8 Å². The number of guanidine groups is 1. The molecule has 1 aliphatic rings. The van der Waals surface area contributed by atoms with E-state index in [4.69, 9.17) is 9.73 Å². The molecule has 1 aliphatic heterocycles. The number of para-hydroxylation sites is 1. The number of aliphatic imine (C=N–C) groups is 1. The molecule has 2 aromatic rings. The molecule has 1 aromatic heterocycles. The summed E-state index contributed by atoms with van der Waals surface area (Å²) in [7, 11) is 1.72. The molecule has 6 nitrogen and oxygen atoms in total. The summed E-state index contributed by atoms with van der Waals surface area (Å²) in [6.45, 7) is 10.2. The van der Waals surface area contributed by atoms with Gasteiger partial charge in [-0.1, -0.05) is 18.2 Å². The Balaban J connectivity index is 0.00000261. The average molecular weight is 483 g/mol. The maximum Gasteiger partial charge on any atom is 0.198 e. The predicted molar refractivity (Wildman–Crippen MR) is 121 cm³/mol. The Morgan fingerprint density at radius 2 is 2.07 bits per heavy atom. The number of ether oxygens (including phenoxy) is 1. The lowest BCUT2D eigenvalue weighted by molar-refractivity contribution is 0.182. The van der Waals surface area contributed by atoms with E-state index in [1.54, 1.807) is 7.11 Å². The van der Waals surface area contributed by atoms with Gasteiger partial charge in [-0.3, -0.25) is 4.68 Å². The predicted octanol–water partition coefficient (Wildman–Crippen LogP) is 3.29. The molecule has 0 saturated heterocycles.